The number of amides is 4. The predicted octanol–water partition coefficient (Wildman–Crippen LogP) is 0.837. The fourth-order valence-electron chi connectivity index (χ4n) is 3.79. The van der Waals surface area contributed by atoms with E-state index in [1.54, 1.807) is 4.90 Å². The van der Waals surface area contributed by atoms with E-state index in [9.17, 15) is 14.4 Å². The first kappa shape index (κ1) is 14.2. The van der Waals surface area contributed by atoms with Crippen molar-refractivity contribution in [2.24, 2.45) is 0 Å². The molecule has 3 aliphatic rings. The number of rotatable bonds is 2. The maximum absolute atomic E-state index is 13.1. The number of likely N-dealkylation sites (tertiary alicyclic amines) is 1. The Balaban J connectivity index is 1.57. The lowest BCUT2D eigenvalue weighted by Gasteiger charge is -2.25. The molecule has 0 radical (unpaired) electrons. The van der Waals surface area contributed by atoms with Crippen LogP contribution in [0.2, 0.25) is 0 Å². The summed E-state index contributed by atoms with van der Waals surface area (Å²) >= 11 is 0. The van der Waals surface area contributed by atoms with Gasteiger partial charge in [-0.25, -0.2) is 4.79 Å². The Morgan fingerprint density at radius 1 is 1.22 bits per heavy atom. The Hall–Kier alpha value is -2.37. The van der Waals surface area contributed by atoms with Gasteiger partial charge in [0, 0.05) is 6.54 Å². The number of nitrogens with zero attached hydrogens (tertiary/aromatic N) is 1. The minimum Gasteiger partial charge on any atom is -0.339 e. The molecule has 2 heterocycles. The third-order valence-corrected chi connectivity index (χ3v) is 5.30. The van der Waals surface area contributed by atoms with E-state index in [2.05, 4.69) is 16.7 Å². The quantitative estimate of drug-likeness (QED) is 0.794. The first-order chi connectivity index (χ1) is 11.0. The van der Waals surface area contributed by atoms with Crippen molar-refractivity contribution in [2.75, 3.05) is 13.1 Å². The Labute approximate surface area is 134 Å². The molecule has 6 nitrogen and oxygen atoms in total. The summed E-state index contributed by atoms with van der Waals surface area (Å²) in [7, 11) is 0. The zero-order chi connectivity index (χ0) is 16.2. The van der Waals surface area contributed by atoms with E-state index in [4.69, 9.17) is 0 Å². The number of benzene rings is 1. The Kier molecular flexibility index (Phi) is 2.83. The normalized spacial score (nSPS) is 28.0. The fraction of sp³-hybridized carbons (Fsp3) is 0.471. The molecule has 3 fully saturated rings. The predicted molar refractivity (Wildman–Crippen MR) is 82.7 cm³/mol. The van der Waals surface area contributed by atoms with Gasteiger partial charge < -0.3 is 10.2 Å². The summed E-state index contributed by atoms with van der Waals surface area (Å²) in [5, 5.41) is 4.97. The number of imide groups is 1. The maximum Gasteiger partial charge on any atom is 0.322 e. The van der Waals surface area contributed by atoms with Crippen LogP contribution in [0.3, 0.4) is 0 Å². The van der Waals surface area contributed by atoms with Crippen molar-refractivity contribution in [1.82, 2.24) is 15.5 Å². The average Bonchev–Trinajstić information content (AvgIpc) is 3.14. The number of hydrogen-bond acceptors (Lipinski definition) is 3. The minimum atomic E-state index is -0.935. The van der Waals surface area contributed by atoms with Gasteiger partial charge in [-0.05, 0) is 31.7 Å². The Bertz CT molecular complexity index is 726. The first-order valence-electron chi connectivity index (χ1n) is 7.95. The number of carbonyl (C=O) groups excluding carboxylic acids is 3. The number of aryl methyl sites for hydroxylation is 1. The van der Waals surface area contributed by atoms with E-state index in [1.165, 1.54) is 0 Å². The summed E-state index contributed by atoms with van der Waals surface area (Å²) in [5.74, 6) is -0.243. The van der Waals surface area contributed by atoms with Crippen LogP contribution in [-0.4, -0.2) is 41.4 Å². The molecule has 4 amide bonds. The van der Waals surface area contributed by atoms with Gasteiger partial charge in [0.05, 0.1) is 12.0 Å². The summed E-state index contributed by atoms with van der Waals surface area (Å²) in [4.78, 5) is 38.2. The van der Waals surface area contributed by atoms with Gasteiger partial charge in [0.1, 0.15) is 5.54 Å². The van der Waals surface area contributed by atoms with Crippen molar-refractivity contribution in [3.8, 4) is 0 Å². The van der Waals surface area contributed by atoms with Gasteiger partial charge in [0.15, 0.2) is 0 Å². The summed E-state index contributed by atoms with van der Waals surface area (Å²) in [5.41, 5.74) is 0.830. The van der Waals surface area contributed by atoms with E-state index in [0.717, 1.165) is 24.0 Å². The van der Waals surface area contributed by atoms with Crippen molar-refractivity contribution in [2.45, 2.75) is 37.1 Å². The minimum absolute atomic E-state index is 0.0777. The van der Waals surface area contributed by atoms with Crippen molar-refractivity contribution in [1.29, 1.82) is 0 Å². The van der Waals surface area contributed by atoms with Crippen molar-refractivity contribution < 1.29 is 14.4 Å². The molecule has 2 saturated heterocycles. The highest BCUT2D eigenvalue weighted by atomic mass is 16.2. The van der Waals surface area contributed by atoms with Crippen LogP contribution in [0.1, 0.15) is 30.4 Å². The first-order valence-corrected chi connectivity index (χ1v) is 7.95. The molecule has 0 bridgehead atoms. The standard InChI is InChI=1S/C17H19N3O3/c1-11-3-2-4-12(9-11)16(5-6-16)14(22)20-8-7-17(10-20)13(21)18-15(23)19-17/h2-4,9H,5-8,10H2,1H3,(H2,18,19,21,23)/t17-/m1/s1. The van der Waals surface area contributed by atoms with E-state index in [-0.39, 0.29) is 18.4 Å². The summed E-state index contributed by atoms with van der Waals surface area (Å²) in [6.45, 7) is 2.78. The molecule has 1 aliphatic carbocycles. The van der Waals surface area contributed by atoms with E-state index < -0.39 is 17.0 Å². The monoisotopic (exact) mass is 313 g/mol. The Morgan fingerprint density at radius 2 is 2.00 bits per heavy atom. The number of urea groups is 1. The molecular formula is C17H19N3O3. The van der Waals surface area contributed by atoms with Crippen LogP contribution in [-0.2, 0) is 15.0 Å². The molecule has 6 heteroatoms. The summed E-state index contributed by atoms with van der Waals surface area (Å²) in [6, 6.07) is 7.61. The second kappa shape index (κ2) is 4.57. The molecule has 120 valence electrons. The zero-order valence-corrected chi connectivity index (χ0v) is 13.0. The van der Waals surface area contributed by atoms with Gasteiger partial charge in [-0.1, -0.05) is 29.8 Å². The third-order valence-electron chi connectivity index (χ3n) is 5.30. The lowest BCUT2D eigenvalue weighted by atomic mass is 9.93. The van der Waals surface area contributed by atoms with Gasteiger partial charge in [-0.2, -0.15) is 0 Å². The van der Waals surface area contributed by atoms with Gasteiger partial charge in [0.25, 0.3) is 5.91 Å². The zero-order valence-electron chi connectivity index (χ0n) is 13.0. The van der Waals surface area contributed by atoms with Crippen LogP contribution in [0.5, 0.6) is 0 Å². The molecule has 0 aromatic heterocycles. The molecule has 1 aromatic carbocycles. The second-order valence-corrected chi connectivity index (χ2v) is 6.92. The molecule has 23 heavy (non-hydrogen) atoms. The van der Waals surface area contributed by atoms with Gasteiger partial charge in [-0.3, -0.25) is 14.9 Å². The van der Waals surface area contributed by atoms with Gasteiger partial charge >= 0.3 is 6.03 Å². The van der Waals surface area contributed by atoms with Crippen LogP contribution >= 0.6 is 0 Å². The average molecular weight is 313 g/mol. The number of hydrogen-bond donors (Lipinski definition) is 2. The van der Waals surface area contributed by atoms with Crippen LogP contribution < -0.4 is 10.6 Å². The van der Waals surface area contributed by atoms with Crippen LogP contribution in [0.4, 0.5) is 4.79 Å². The Morgan fingerprint density at radius 3 is 2.61 bits per heavy atom. The molecule has 1 aromatic rings. The number of nitrogens with one attached hydrogen (secondary N) is 2. The molecule has 1 atom stereocenters. The molecule has 2 N–H and O–H groups in total. The lowest BCUT2D eigenvalue weighted by Crippen LogP contribution is -2.50. The topological polar surface area (TPSA) is 78.5 Å². The van der Waals surface area contributed by atoms with Crippen molar-refractivity contribution in [3.63, 3.8) is 0 Å². The van der Waals surface area contributed by atoms with E-state index >= 15 is 0 Å². The van der Waals surface area contributed by atoms with Gasteiger partial charge in [0.2, 0.25) is 5.91 Å². The van der Waals surface area contributed by atoms with Gasteiger partial charge in [-0.15, -0.1) is 0 Å². The summed E-state index contributed by atoms with van der Waals surface area (Å²) in [6.07, 6.45) is 2.16. The smallest absolute Gasteiger partial charge is 0.322 e. The largest absolute Gasteiger partial charge is 0.339 e. The van der Waals surface area contributed by atoms with Crippen molar-refractivity contribution in [3.05, 3.63) is 35.4 Å². The lowest BCUT2D eigenvalue weighted by molar-refractivity contribution is -0.133. The number of carbonyl (C=O) groups is 3. The van der Waals surface area contributed by atoms with Crippen LogP contribution in [0.25, 0.3) is 0 Å². The van der Waals surface area contributed by atoms with Crippen molar-refractivity contribution >= 4 is 17.8 Å². The highest BCUT2D eigenvalue weighted by molar-refractivity contribution is 6.08. The molecule has 0 unspecified atom stereocenters. The SMILES string of the molecule is Cc1cccc(C2(C(=O)N3CC[C@]4(C3)NC(=O)NC4=O)CC2)c1. The van der Waals surface area contributed by atoms with E-state index in [0.29, 0.717) is 13.0 Å². The second-order valence-electron chi connectivity index (χ2n) is 6.92. The third kappa shape index (κ3) is 2.04. The highest BCUT2D eigenvalue weighted by Crippen LogP contribution is 2.50. The van der Waals surface area contributed by atoms with Crippen LogP contribution in [0, 0.1) is 6.92 Å². The summed E-state index contributed by atoms with van der Waals surface area (Å²) < 4.78 is 0. The highest BCUT2D eigenvalue weighted by Gasteiger charge is 2.58. The molecule has 1 saturated carbocycles. The molecule has 4 rings (SSSR count). The molecular weight excluding hydrogens is 294 g/mol. The van der Waals surface area contributed by atoms with E-state index in [1.807, 2.05) is 25.1 Å². The fourth-order valence-corrected chi connectivity index (χ4v) is 3.79. The molecule has 1 spiro atoms. The maximum atomic E-state index is 13.1. The van der Waals surface area contributed by atoms with Crippen LogP contribution in [0.15, 0.2) is 24.3 Å². The molecule has 2 aliphatic heterocycles.